The van der Waals surface area contributed by atoms with Crippen LogP contribution in [0, 0.1) is 16.7 Å². The fourth-order valence-corrected chi connectivity index (χ4v) is 12.4. The smallest absolute Gasteiger partial charge is 0.130 e. The van der Waals surface area contributed by atoms with Gasteiger partial charge in [-0.2, -0.15) is 0 Å². The van der Waals surface area contributed by atoms with Gasteiger partial charge in [0.15, 0.2) is 0 Å². The molecule has 368 valence electrons. The number of rotatable bonds is 5. The number of ether oxygens (including phenoxy) is 1. The van der Waals surface area contributed by atoms with Gasteiger partial charge in [0.05, 0.1) is 11.0 Å². The van der Waals surface area contributed by atoms with E-state index < -0.39 is 0 Å². The average molecular weight is 980 g/mol. The summed E-state index contributed by atoms with van der Waals surface area (Å²) in [6, 6.07) is 74.0. The van der Waals surface area contributed by atoms with E-state index in [0.29, 0.717) is 23.6 Å². The van der Waals surface area contributed by atoms with E-state index in [4.69, 9.17) is 12.6 Å². The van der Waals surface area contributed by atoms with Crippen LogP contribution in [-0.4, -0.2) is 12.4 Å². The summed E-state index contributed by atoms with van der Waals surface area (Å²) in [5.41, 5.74) is 20.1. The lowest BCUT2D eigenvalue weighted by Gasteiger charge is -2.36. The molecule has 0 fully saturated rings. The Labute approximate surface area is 449 Å². The first kappa shape index (κ1) is 47.6. The number of nitrogens with zero attached hydrogens (tertiary/aromatic N) is 1. The number of aromatic nitrogens is 1. The van der Waals surface area contributed by atoms with Crippen molar-refractivity contribution >= 4 is 62.2 Å². The van der Waals surface area contributed by atoms with Crippen LogP contribution in [0.2, 0.25) is 0 Å². The number of aryl methyl sites for hydroxylation is 2. The maximum absolute atomic E-state index is 7.45. The van der Waals surface area contributed by atoms with Crippen LogP contribution in [0.5, 0.6) is 11.5 Å². The molecule has 1 aliphatic heterocycles. The minimum atomic E-state index is -0.0227. The largest absolute Gasteiger partial charge is 0.458 e. The molecule has 0 saturated heterocycles. The van der Waals surface area contributed by atoms with Gasteiger partial charge in [0, 0.05) is 16.5 Å². The number of benzene rings is 10. The zero-order valence-electron chi connectivity index (χ0n) is 44.5. The van der Waals surface area contributed by atoms with Crippen LogP contribution >= 0.6 is 0 Å². The molecule has 0 amide bonds. The monoisotopic (exact) mass is 979 g/mol. The van der Waals surface area contributed by atoms with Gasteiger partial charge < -0.3 is 9.30 Å². The first-order valence-electron chi connectivity index (χ1n) is 27.2. The number of fused-ring (bicyclic) bond motifs is 9. The second kappa shape index (κ2) is 18.6. The van der Waals surface area contributed by atoms with Crippen molar-refractivity contribution in [1.82, 2.24) is 4.57 Å². The van der Waals surface area contributed by atoms with E-state index in [9.17, 15) is 0 Å². The van der Waals surface area contributed by atoms with Gasteiger partial charge in [-0.25, -0.2) is 0 Å². The van der Waals surface area contributed by atoms with Gasteiger partial charge in [0.25, 0.3) is 0 Å². The third kappa shape index (κ3) is 8.47. The predicted molar refractivity (Wildman–Crippen MR) is 324 cm³/mol. The lowest BCUT2D eigenvalue weighted by atomic mass is 9.69. The lowest BCUT2D eigenvalue weighted by Crippen LogP contribution is -2.23. The summed E-state index contributed by atoms with van der Waals surface area (Å²) in [5.74, 6) is 1.89. The molecule has 76 heavy (non-hydrogen) atoms. The van der Waals surface area contributed by atoms with Gasteiger partial charge in [-0.3, -0.25) is 0 Å². The van der Waals surface area contributed by atoms with E-state index in [1.165, 1.54) is 93.4 Å². The van der Waals surface area contributed by atoms with Gasteiger partial charge >= 0.3 is 0 Å². The minimum absolute atomic E-state index is 0.0227. The molecule has 1 atom stereocenters. The lowest BCUT2D eigenvalue weighted by molar-refractivity contribution is 0.292. The fraction of sp³-hybridized carbons (Fsp3) is 0.178. The summed E-state index contributed by atoms with van der Waals surface area (Å²) >= 11 is 0. The molecule has 0 spiro atoms. The average Bonchev–Trinajstić information content (AvgIpc) is 3.76. The Hall–Kier alpha value is -8.14. The second-order valence-corrected chi connectivity index (χ2v) is 23.5. The van der Waals surface area contributed by atoms with Crippen LogP contribution in [0.15, 0.2) is 218 Å². The Bertz CT molecular complexity index is 4060. The first-order chi connectivity index (χ1) is 36.8. The molecule has 1 aliphatic carbocycles. The van der Waals surface area contributed by atoms with E-state index >= 15 is 0 Å². The molecule has 11 aromatic rings. The maximum Gasteiger partial charge on any atom is 0.130 e. The number of para-hydroxylation sites is 3. The highest BCUT2D eigenvalue weighted by molar-refractivity contribution is 6.35. The Balaban J connectivity index is 1.06. The number of hydrogen-bond acceptors (Lipinski definition) is 1. The Morgan fingerprint density at radius 1 is 0.447 bits per heavy atom. The van der Waals surface area contributed by atoms with Crippen LogP contribution in [0.3, 0.4) is 0 Å². The van der Waals surface area contributed by atoms with Gasteiger partial charge in [-0.1, -0.05) is 205 Å². The van der Waals surface area contributed by atoms with Crippen LogP contribution in [0.1, 0.15) is 75.8 Å². The van der Waals surface area contributed by atoms with Gasteiger partial charge in [-0.15, -0.1) is 0 Å². The summed E-state index contributed by atoms with van der Waals surface area (Å²) in [7, 11) is 7.45. The molecule has 2 heterocycles. The van der Waals surface area contributed by atoms with Gasteiger partial charge in [-0.05, 0) is 191 Å². The Morgan fingerprint density at radius 3 is 1.63 bits per heavy atom. The molecule has 1 aromatic heterocycles. The molecule has 2 aliphatic rings. The molecule has 2 bridgehead atoms. The highest BCUT2D eigenvalue weighted by atomic mass is 16.5. The molecule has 10 aromatic carbocycles. The summed E-state index contributed by atoms with van der Waals surface area (Å²) in [5, 5.41) is 7.45. The molecule has 0 saturated carbocycles. The van der Waals surface area contributed by atoms with E-state index in [2.05, 4.69) is 258 Å². The van der Waals surface area contributed by atoms with Crippen molar-refractivity contribution in [3.05, 3.63) is 246 Å². The van der Waals surface area contributed by atoms with Crippen molar-refractivity contribution in [3.63, 3.8) is 0 Å². The zero-order valence-corrected chi connectivity index (χ0v) is 44.5. The van der Waals surface area contributed by atoms with Crippen molar-refractivity contribution in [2.75, 3.05) is 0 Å². The first-order valence-corrected chi connectivity index (χ1v) is 27.2. The molecule has 3 heteroatoms. The quantitative estimate of drug-likeness (QED) is 0.124. The van der Waals surface area contributed by atoms with Crippen LogP contribution in [0.25, 0.3) is 88.0 Å². The summed E-state index contributed by atoms with van der Waals surface area (Å²) in [4.78, 5) is 0. The predicted octanol–water partition coefficient (Wildman–Crippen LogP) is 18.8. The van der Waals surface area contributed by atoms with Crippen molar-refractivity contribution in [3.8, 4) is 50.6 Å². The molecule has 13 rings (SSSR count). The van der Waals surface area contributed by atoms with E-state index in [0.717, 1.165) is 53.0 Å². The van der Waals surface area contributed by atoms with Gasteiger partial charge in [0.2, 0.25) is 0 Å². The van der Waals surface area contributed by atoms with Gasteiger partial charge in [0.1, 0.15) is 19.3 Å². The summed E-state index contributed by atoms with van der Waals surface area (Å²) in [6.45, 7) is 14.2. The maximum atomic E-state index is 7.45. The zero-order chi connectivity index (χ0) is 51.9. The molecule has 1 unspecified atom stereocenters. The standard InChI is InChI=1S/C73H62BNO/c1-72(2,3)56-41-53(42-57(45-56)73(4,5)6)50-36-49(37-54(38-50)70-63-27-13-11-25-61(63)69(48-21-8-7-9-22-48)62-26-12-14-28-64(62)70)52-40-55-39-51-43-58(75-65-29-17-15-23-59(65)60-24-16-18-30-66(60)75)35-34-46(51)32-33-47-20-10-19-31-67(47)76-68(44-52)71(55)74/h7-31,34-38,40-41,43-45,57H,32-33,39,42H2,1-6H3. The Kier molecular flexibility index (Phi) is 11.6. The summed E-state index contributed by atoms with van der Waals surface area (Å²) in [6.07, 6.45) is 8.37. The summed E-state index contributed by atoms with van der Waals surface area (Å²) < 4.78 is 9.52. The minimum Gasteiger partial charge on any atom is -0.458 e. The highest BCUT2D eigenvalue weighted by Crippen LogP contribution is 2.48. The number of allylic oxidation sites excluding steroid dienone is 4. The van der Waals surface area contributed by atoms with Crippen LogP contribution in [-0.2, 0) is 19.3 Å². The van der Waals surface area contributed by atoms with Crippen molar-refractivity contribution < 1.29 is 4.74 Å². The molecular weight excluding hydrogens is 918 g/mol. The molecule has 2 nitrogen and oxygen atoms in total. The van der Waals surface area contributed by atoms with E-state index in [1.54, 1.807) is 0 Å². The topological polar surface area (TPSA) is 14.2 Å². The van der Waals surface area contributed by atoms with Crippen molar-refractivity contribution in [1.29, 1.82) is 0 Å². The van der Waals surface area contributed by atoms with Crippen LogP contribution in [0.4, 0.5) is 0 Å². The molecule has 0 N–H and O–H groups in total. The van der Waals surface area contributed by atoms with E-state index in [1.807, 2.05) is 0 Å². The Morgan fingerprint density at radius 2 is 0.987 bits per heavy atom. The number of hydrogen-bond donors (Lipinski definition) is 0. The normalized spacial score (nSPS) is 14.9. The molecule has 2 radical (unpaired) electrons. The third-order valence-electron chi connectivity index (χ3n) is 16.5. The molecular formula is C73H62BNO. The third-order valence-corrected chi connectivity index (χ3v) is 16.5. The second-order valence-electron chi connectivity index (χ2n) is 23.5. The highest BCUT2D eigenvalue weighted by Gasteiger charge is 2.31. The SMILES string of the molecule is [B]c1c2cc(-c3cc(C4=CC(C(C)(C)C)=CC(C(C)(C)C)C4)cc(-c4c5ccccc5c(-c5ccccc5)c5ccccc45)c3)cc1Oc1ccccc1CCc1ccc(-n3c4ccccc4c4ccccc43)cc1C2. The van der Waals surface area contributed by atoms with Crippen molar-refractivity contribution in [2.45, 2.75) is 67.2 Å². The van der Waals surface area contributed by atoms with E-state index in [-0.39, 0.29) is 10.8 Å². The fourth-order valence-electron chi connectivity index (χ4n) is 12.4. The van der Waals surface area contributed by atoms with Crippen molar-refractivity contribution in [2.24, 2.45) is 16.7 Å². The van der Waals surface area contributed by atoms with Crippen LogP contribution < -0.4 is 10.2 Å².